The molecule has 0 saturated heterocycles. The minimum absolute atomic E-state index is 0.103. The average Bonchev–Trinajstić information content (AvgIpc) is 2.38. The standard InChI is InChI=1S/C14H17ClN4O/c1-4-16-13-17-12(15)18-14(19-13)20-11-7-5-6-10(8-11)9(2)3/h5-9H,4H2,1-3H3,(H,16,17,18,19). The number of anilines is 1. The van der Waals surface area contributed by atoms with Gasteiger partial charge in [-0.1, -0.05) is 26.0 Å². The Kier molecular flexibility index (Phi) is 4.74. The molecule has 0 aliphatic heterocycles. The highest BCUT2D eigenvalue weighted by Crippen LogP contribution is 2.24. The molecule has 0 amide bonds. The first-order valence-electron chi connectivity index (χ1n) is 6.51. The molecule has 2 rings (SSSR count). The van der Waals surface area contributed by atoms with Crippen LogP contribution in [0.3, 0.4) is 0 Å². The summed E-state index contributed by atoms with van der Waals surface area (Å²) >= 11 is 5.85. The summed E-state index contributed by atoms with van der Waals surface area (Å²) in [5, 5.41) is 3.08. The predicted molar refractivity (Wildman–Crippen MR) is 79.6 cm³/mol. The zero-order valence-corrected chi connectivity index (χ0v) is 12.5. The third kappa shape index (κ3) is 3.81. The van der Waals surface area contributed by atoms with E-state index in [0.29, 0.717) is 24.2 Å². The predicted octanol–water partition coefficient (Wildman–Crippen LogP) is 3.87. The molecule has 20 heavy (non-hydrogen) atoms. The normalized spacial score (nSPS) is 10.7. The Hall–Kier alpha value is -1.88. The van der Waals surface area contributed by atoms with Crippen molar-refractivity contribution in [2.75, 3.05) is 11.9 Å². The summed E-state index contributed by atoms with van der Waals surface area (Å²) in [5.74, 6) is 1.52. The summed E-state index contributed by atoms with van der Waals surface area (Å²) in [6.45, 7) is 6.90. The fourth-order valence-electron chi connectivity index (χ4n) is 1.66. The third-order valence-corrected chi connectivity index (χ3v) is 2.83. The van der Waals surface area contributed by atoms with Crippen molar-refractivity contribution >= 4 is 17.5 Å². The summed E-state index contributed by atoms with van der Waals surface area (Å²) in [4.78, 5) is 12.1. The Labute approximate surface area is 123 Å². The lowest BCUT2D eigenvalue weighted by Crippen LogP contribution is -2.04. The van der Waals surface area contributed by atoms with Crippen LogP contribution in [0.25, 0.3) is 0 Å². The fourth-order valence-corrected chi connectivity index (χ4v) is 1.81. The number of ether oxygens (including phenoxy) is 1. The van der Waals surface area contributed by atoms with Gasteiger partial charge in [0.2, 0.25) is 11.2 Å². The molecule has 1 aromatic heterocycles. The van der Waals surface area contributed by atoms with E-state index >= 15 is 0 Å². The summed E-state index contributed by atoms with van der Waals surface area (Å²) in [5.41, 5.74) is 1.19. The molecule has 0 bridgehead atoms. The van der Waals surface area contributed by atoms with Gasteiger partial charge in [-0.25, -0.2) is 0 Å². The van der Waals surface area contributed by atoms with Gasteiger partial charge in [-0.2, -0.15) is 15.0 Å². The number of rotatable bonds is 5. The minimum atomic E-state index is 0.103. The maximum absolute atomic E-state index is 5.85. The first kappa shape index (κ1) is 14.5. The van der Waals surface area contributed by atoms with Crippen LogP contribution in [0.15, 0.2) is 24.3 Å². The Morgan fingerprint density at radius 1 is 1.25 bits per heavy atom. The van der Waals surface area contributed by atoms with Gasteiger partial charge in [-0.15, -0.1) is 0 Å². The van der Waals surface area contributed by atoms with Crippen LogP contribution in [0, 0.1) is 0 Å². The zero-order valence-electron chi connectivity index (χ0n) is 11.7. The fraction of sp³-hybridized carbons (Fsp3) is 0.357. The van der Waals surface area contributed by atoms with Crippen molar-refractivity contribution in [1.29, 1.82) is 0 Å². The molecule has 0 fully saturated rings. The number of hydrogen-bond acceptors (Lipinski definition) is 5. The van der Waals surface area contributed by atoms with Gasteiger partial charge < -0.3 is 10.1 Å². The first-order valence-corrected chi connectivity index (χ1v) is 6.89. The second-order valence-electron chi connectivity index (χ2n) is 4.57. The lowest BCUT2D eigenvalue weighted by Gasteiger charge is -2.09. The first-order chi connectivity index (χ1) is 9.58. The van der Waals surface area contributed by atoms with Crippen molar-refractivity contribution in [1.82, 2.24) is 15.0 Å². The number of hydrogen-bond donors (Lipinski definition) is 1. The van der Waals surface area contributed by atoms with Gasteiger partial charge in [0.25, 0.3) is 0 Å². The summed E-state index contributed by atoms with van der Waals surface area (Å²) in [6.07, 6.45) is 0. The molecule has 0 radical (unpaired) electrons. The van der Waals surface area contributed by atoms with E-state index in [4.69, 9.17) is 16.3 Å². The van der Waals surface area contributed by atoms with E-state index < -0.39 is 0 Å². The van der Waals surface area contributed by atoms with Crippen LogP contribution in [0.2, 0.25) is 5.28 Å². The van der Waals surface area contributed by atoms with Crippen LogP contribution in [-0.2, 0) is 0 Å². The SMILES string of the molecule is CCNc1nc(Cl)nc(Oc2cccc(C(C)C)c2)n1. The van der Waals surface area contributed by atoms with E-state index in [1.807, 2.05) is 25.1 Å². The molecular formula is C14H17ClN4O. The van der Waals surface area contributed by atoms with Gasteiger partial charge in [0.05, 0.1) is 0 Å². The lowest BCUT2D eigenvalue weighted by molar-refractivity contribution is 0.439. The van der Waals surface area contributed by atoms with Crippen molar-refractivity contribution < 1.29 is 4.74 Å². The average molecular weight is 293 g/mol. The highest BCUT2D eigenvalue weighted by atomic mass is 35.5. The van der Waals surface area contributed by atoms with Crippen molar-refractivity contribution in [3.8, 4) is 11.8 Å². The highest BCUT2D eigenvalue weighted by molar-refractivity contribution is 6.28. The van der Waals surface area contributed by atoms with Crippen molar-refractivity contribution in [3.63, 3.8) is 0 Å². The second kappa shape index (κ2) is 6.52. The zero-order chi connectivity index (χ0) is 14.5. The molecule has 0 aliphatic carbocycles. The largest absolute Gasteiger partial charge is 0.424 e. The van der Waals surface area contributed by atoms with Crippen LogP contribution < -0.4 is 10.1 Å². The van der Waals surface area contributed by atoms with Gasteiger partial charge in [0, 0.05) is 6.54 Å². The minimum Gasteiger partial charge on any atom is -0.424 e. The number of nitrogens with zero attached hydrogens (tertiary/aromatic N) is 3. The maximum atomic E-state index is 5.85. The van der Waals surface area contributed by atoms with Gasteiger partial charge in [-0.05, 0) is 42.1 Å². The maximum Gasteiger partial charge on any atom is 0.328 e. The van der Waals surface area contributed by atoms with Crippen LogP contribution in [0.5, 0.6) is 11.8 Å². The van der Waals surface area contributed by atoms with E-state index in [0.717, 1.165) is 0 Å². The van der Waals surface area contributed by atoms with Crippen molar-refractivity contribution in [2.24, 2.45) is 0 Å². The highest BCUT2D eigenvalue weighted by Gasteiger charge is 2.08. The van der Waals surface area contributed by atoms with E-state index in [2.05, 4.69) is 40.2 Å². The topological polar surface area (TPSA) is 59.9 Å². The van der Waals surface area contributed by atoms with Crippen molar-refractivity contribution in [3.05, 3.63) is 35.1 Å². The molecule has 1 heterocycles. The Morgan fingerprint density at radius 3 is 2.75 bits per heavy atom. The number of nitrogens with one attached hydrogen (secondary N) is 1. The Balaban J connectivity index is 2.23. The molecule has 2 aromatic rings. The van der Waals surface area contributed by atoms with Crippen LogP contribution in [0.4, 0.5) is 5.95 Å². The quantitative estimate of drug-likeness (QED) is 0.906. The van der Waals surface area contributed by atoms with E-state index in [1.165, 1.54) is 5.56 Å². The van der Waals surface area contributed by atoms with Gasteiger partial charge in [-0.3, -0.25) is 0 Å². The van der Waals surface area contributed by atoms with Gasteiger partial charge in [0.15, 0.2) is 0 Å². The Bertz CT molecular complexity index is 589. The molecule has 1 N–H and O–H groups in total. The lowest BCUT2D eigenvalue weighted by atomic mass is 10.0. The molecule has 5 nitrogen and oxygen atoms in total. The second-order valence-corrected chi connectivity index (χ2v) is 4.91. The molecule has 0 saturated carbocycles. The summed E-state index contributed by atoms with van der Waals surface area (Å²) < 4.78 is 5.65. The van der Waals surface area contributed by atoms with Gasteiger partial charge in [0.1, 0.15) is 5.75 Å². The number of benzene rings is 1. The molecular weight excluding hydrogens is 276 g/mol. The molecule has 0 spiro atoms. The number of halogens is 1. The van der Waals surface area contributed by atoms with Crippen molar-refractivity contribution in [2.45, 2.75) is 26.7 Å². The molecule has 106 valence electrons. The van der Waals surface area contributed by atoms with Crippen LogP contribution in [0.1, 0.15) is 32.3 Å². The van der Waals surface area contributed by atoms with E-state index in [9.17, 15) is 0 Å². The number of aromatic nitrogens is 3. The van der Waals surface area contributed by atoms with Gasteiger partial charge >= 0.3 is 6.01 Å². The molecule has 0 unspecified atom stereocenters. The molecule has 0 atom stereocenters. The summed E-state index contributed by atoms with van der Waals surface area (Å²) in [6, 6.07) is 8.01. The monoisotopic (exact) mass is 292 g/mol. The summed E-state index contributed by atoms with van der Waals surface area (Å²) in [7, 11) is 0. The van der Waals surface area contributed by atoms with Crippen LogP contribution >= 0.6 is 11.6 Å². The van der Waals surface area contributed by atoms with E-state index in [-0.39, 0.29) is 11.3 Å². The molecule has 6 heteroatoms. The third-order valence-electron chi connectivity index (χ3n) is 2.66. The van der Waals surface area contributed by atoms with Crippen LogP contribution in [-0.4, -0.2) is 21.5 Å². The smallest absolute Gasteiger partial charge is 0.328 e. The van der Waals surface area contributed by atoms with E-state index in [1.54, 1.807) is 0 Å². The molecule has 0 aliphatic rings. The molecule has 1 aromatic carbocycles. The Morgan fingerprint density at radius 2 is 2.05 bits per heavy atom.